The molecule has 104 valence electrons. The molecule has 0 radical (unpaired) electrons. The molecule has 7 heteroatoms. The topological polar surface area (TPSA) is 72.2 Å². The van der Waals surface area contributed by atoms with Crippen molar-refractivity contribution in [1.29, 1.82) is 0 Å². The first-order valence-corrected chi connectivity index (χ1v) is 6.56. The second-order valence-electron chi connectivity index (χ2n) is 4.16. The molecule has 5 nitrogen and oxygen atoms in total. The maximum atomic E-state index is 13.3. The number of nitrogens with one attached hydrogen (secondary N) is 1. The fourth-order valence-corrected chi connectivity index (χ4v) is 2.30. The van der Waals surface area contributed by atoms with Crippen LogP contribution in [0.1, 0.15) is 20.8 Å². The molecule has 0 aliphatic carbocycles. The van der Waals surface area contributed by atoms with Gasteiger partial charge in [-0.05, 0) is 30.2 Å². The monoisotopic (exact) mass is 294 g/mol. The Kier molecular flexibility index (Phi) is 4.09. The largest absolute Gasteiger partial charge is 0.347 e. The van der Waals surface area contributed by atoms with Gasteiger partial charge < -0.3 is 5.32 Å². The molecule has 0 saturated heterocycles. The summed E-state index contributed by atoms with van der Waals surface area (Å²) >= 11 is 0.805. The minimum Gasteiger partial charge on any atom is -0.347 e. The average Bonchev–Trinajstić information content (AvgIpc) is 2.89. The lowest BCUT2D eigenvalue weighted by Gasteiger charge is -2.05. The van der Waals surface area contributed by atoms with E-state index in [1.54, 1.807) is 19.1 Å². The highest BCUT2D eigenvalue weighted by Gasteiger charge is 2.14. The van der Waals surface area contributed by atoms with Crippen molar-refractivity contribution in [2.75, 3.05) is 0 Å². The summed E-state index contributed by atoms with van der Waals surface area (Å²) in [7, 11) is 0. The number of carbonyl (C=O) groups is 1. The van der Waals surface area contributed by atoms with Crippen molar-refractivity contribution in [2.45, 2.75) is 13.5 Å². The Hall–Kier alpha value is -2.28. The van der Waals surface area contributed by atoms with E-state index in [0.717, 1.165) is 11.3 Å². The minimum absolute atomic E-state index is 0.0865. The van der Waals surface area contributed by atoms with Gasteiger partial charge in [-0.2, -0.15) is 0 Å². The summed E-state index contributed by atoms with van der Waals surface area (Å²) in [5.41, 5.74) is 1.17. The molecule has 0 atom stereocenters. The van der Waals surface area contributed by atoms with Gasteiger partial charge in [-0.15, -0.1) is 0 Å². The first kappa shape index (κ1) is 14.1. The number of aryl methyl sites for hydroxylation is 1. The van der Waals surface area contributed by atoms with Crippen molar-refractivity contribution in [3.8, 4) is 0 Å². The number of amides is 1. The van der Waals surface area contributed by atoms with E-state index in [2.05, 4.69) is 5.32 Å². The van der Waals surface area contributed by atoms with Crippen LogP contribution in [0.2, 0.25) is 0 Å². The van der Waals surface area contributed by atoms with Crippen LogP contribution in [0, 0.1) is 22.9 Å². The quantitative estimate of drug-likeness (QED) is 0.696. The highest BCUT2D eigenvalue weighted by atomic mass is 32.1. The van der Waals surface area contributed by atoms with Crippen LogP contribution in [0.15, 0.2) is 30.3 Å². The van der Waals surface area contributed by atoms with Crippen molar-refractivity contribution < 1.29 is 14.1 Å². The molecule has 0 bridgehead atoms. The lowest BCUT2D eigenvalue weighted by molar-refractivity contribution is -0.380. The van der Waals surface area contributed by atoms with Crippen molar-refractivity contribution in [3.63, 3.8) is 0 Å². The molecule has 1 amide bonds. The number of nitro groups is 1. The highest BCUT2D eigenvalue weighted by Crippen LogP contribution is 2.23. The lowest BCUT2D eigenvalue weighted by Crippen LogP contribution is -2.21. The summed E-state index contributed by atoms with van der Waals surface area (Å²) in [4.78, 5) is 22.0. The van der Waals surface area contributed by atoms with Crippen LogP contribution in [0.3, 0.4) is 0 Å². The zero-order valence-electron chi connectivity index (χ0n) is 10.6. The number of carbonyl (C=O) groups excluding carboxylic acids is 1. The predicted octanol–water partition coefficient (Wildman–Crippen LogP) is 3.03. The van der Waals surface area contributed by atoms with Crippen LogP contribution in [0.4, 0.5) is 9.39 Å². The third-order valence-electron chi connectivity index (χ3n) is 2.68. The van der Waals surface area contributed by atoms with E-state index >= 15 is 0 Å². The summed E-state index contributed by atoms with van der Waals surface area (Å²) < 4.78 is 13.3. The molecular formula is C13H11FN2O3S. The Morgan fingerprint density at radius 3 is 2.75 bits per heavy atom. The van der Waals surface area contributed by atoms with Gasteiger partial charge in [0.05, 0.1) is 9.80 Å². The Morgan fingerprint density at radius 1 is 1.40 bits per heavy atom. The van der Waals surface area contributed by atoms with Crippen LogP contribution < -0.4 is 5.32 Å². The van der Waals surface area contributed by atoms with Crippen molar-refractivity contribution >= 4 is 22.2 Å². The van der Waals surface area contributed by atoms with Gasteiger partial charge in [-0.25, -0.2) is 4.39 Å². The van der Waals surface area contributed by atoms with Crippen LogP contribution in [0.5, 0.6) is 0 Å². The van der Waals surface area contributed by atoms with Crippen LogP contribution in [0.25, 0.3) is 0 Å². The smallest absolute Gasteiger partial charge is 0.324 e. The molecular weight excluding hydrogens is 283 g/mol. The molecule has 0 fully saturated rings. The fourth-order valence-electron chi connectivity index (χ4n) is 1.56. The van der Waals surface area contributed by atoms with E-state index in [1.807, 2.05) is 0 Å². The third-order valence-corrected chi connectivity index (χ3v) is 3.72. The van der Waals surface area contributed by atoms with E-state index in [9.17, 15) is 19.3 Å². The molecule has 1 N–H and O–H groups in total. The molecule has 0 aliphatic heterocycles. The standard InChI is InChI=1S/C13H11FN2O3S/c1-8-2-3-9(6-10(8)14)7-15-13(17)11-4-5-12(20-11)16(18)19/h2-6H,7H2,1H3,(H,15,17). The molecule has 1 heterocycles. The summed E-state index contributed by atoms with van der Waals surface area (Å²) in [6, 6.07) is 7.38. The number of thiophene rings is 1. The van der Waals surface area contributed by atoms with Gasteiger partial charge in [0.25, 0.3) is 5.91 Å². The van der Waals surface area contributed by atoms with E-state index in [1.165, 1.54) is 18.2 Å². The Morgan fingerprint density at radius 2 is 2.15 bits per heavy atom. The normalized spacial score (nSPS) is 10.3. The molecule has 0 spiro atoms. The number of halogens is 1. The zero-order chi connectivity index (χ0) is 14.7. The zero-order valence-corrected chi connectivity index (χ0v) is 11.4. The number of hydrogen-bond donors (Lipinski definition) is 1. The first-order valence-electron chi connectivity index (χ1n) is 5.75. The summed E-state index contributed by atoms with van der Waals surface area (Å²) in [5, 5.41) is 13.0. The average molecular weight is 294 g/mol. The maximum absolute atomic E-state index is 13.3. The van der Waals surface area contributed by atoms with Gasteiger partial charge in [0.1, 0.15) is 5.82 Å². The number of hydrogen-bond acceptors (Lipinski definition) is 4. The van der Waals surface area contributed by atoms with Crippen LogP contribution >= 0.6 is 11.3 Å². The molecule has 20 heavy (non-hydrogen) atoms. The maximum Gasteiger partial charge on any atom is 0.324 e. The van der Waals surface area contributed by atoms with Crippen molar-refractivity contribution in [3.05, 3.63) is 62.3 Å². The van der Waals surface area contributed by atoms with Crippen molar-refractivity contribution in [2.24, 2.45) is 0 Å². The first-order chi connectivity index (χ1) is 9.47. The molecule has 0 unspecified atom stereocenters. The molecule has 2 rings (SSSR count). The van der Waals surface area contributed by atoms with Gasteiger partial charge in [0.2, 0.25) is 0 Å². The second-order valence-corrected chi connectivity index (χ2v) is 5.22. The van der Waals surface area contributed by atoms with Gasteiger partial charge in [0, 0.05) is 12.6 Å². The number of nitrogens with zero attached hydrogens (tertiary/aromatic N) is 1. The minimum atomic E-state index is -0.545. The summed E-state index contributed by atoms with van der Waals surface area (Å²) in [6.07, 6.45) is 0. The van der Waals surface area contributed by atoms with Gasteiger partial charge in [-0.3, -0.25) is 14.9 Å². The highest BCUT2D eigenvalue weighted by molar-refractivity contribution is 7.17. The van der Waals surface area contributed by atoms with Gasteiger partial charge in [-0.1, -0.05) is 23.5 Å². The summed E-state index contributed by atoms with van der Waals surface area (Å²) in [6.45, 7) is 1.82. The molecule has 0 aliphatic rings. The molecule has 1 aromatic heterocycles. The van der Waals surface area contributed by atoms with Crippen LogP contribution in [-0.2, 0) is 6.54 Å². The lowest BCUT2D eigenvalue weighted by atomic mass is 10.1. The van der Waals surface area contributed by atoms with Crippen LogP contribution in [-0.4, -0.2) is 10.8 Å². The van der Waals surface area contributed by atoms with E-state index in [4.69, 9.17) is 0 Å². The Bertz CT molecular complexity index is 669. The van der Waals surface area contributed by atoms with Gasteiger partial charge >= 0.3 is 5.00 Å². The second kappa shape index (κ2) is 5.79. The van der Waals surface area contributed by atoms with Gasteiger partial charge in [0.15, 0.2) is 0 Å². The third kappa shape index (κ3) is 3.18. The van der Waals surface area contributed by atoms with E-state index in [-0.39, 0.29) is 22.2 Å². The number of benzene rings is 1. The Labute approximate surface area is 118 Å². The molecule has 0 saturated carbocycles. The fraction of sp³-hybridized carbons (Fsp3) is 0.154. The molecule has 1 aromatic carbocycles. The molecule has 2 aromatic rings. The predicted molar refractivity (Wildman–Crippen MR) is 73.3 cm³/mol. The number of rotatable bonds is 4. The van der Waals surface area contributed by atoms with E-state index < -0.39 is 10.8 Å². The van der Waals surface area contributed by atoms with Crippen molar-refractivity contribution in [1.82, 2.24) is 5.32 Å². The SMILES string of the molecule is Cc1ccc(CNC(=O)c2ccc([N+](=O)[O-])s2)cc1F. The Balaban J connectivity index is 2.00. The summed E-state index contributed by atoms with van der Waals surface area (Å²) in [5.74, 6) is -0.743. The van der Waals surface area contributed by atoms with E-state index in [0.29, 0.717) is 11.1 Å².